The smallest absolute Gasteiger partial charge is 0.305 e. The van der Waals surface area contributed by atoms with Gasteiger partial charge in [-0.15, -0.1) is 0 Å². The van der Waals surface area contributed by atoms with Crippen LogP contribution in [-0.2, 0) is 14.3 Å². The third kappa shape index (κ3) is 57.7. The number of ether oxygens (including phenoxy) is 1. The molecule has 0 heterocycles. The summed E-state index contributed by atoms with van der Waals surface area (Å²) in [5.74, 6) is -0.0442. The molecule has 0 spiro atoms. The lowest BCUT2D eigenvalue weighted by Gasteiger charge is -2.20. The van der Waals surface area contributed by atoms with Gasteiger partial charge >= 0.3 is 5.97 Å². The van der Waals surface area contributed by atoms with E-state index >= 15 is 0 Å². The van der Waals surface area contributed by atoms with Crippen LogP contribution in [0.15, 0.2) is 12.2 Å². The number of aliphatic hydroxyl groups excluding tert-OH is 2. The molecule has 0 aromatic rings. The highest BCUT2D eigenvalue weighted by Crippen LogP contribution is 2.18. The van der Waals surface area contributed by atoms with Crippen LogP contribution in [0.1, 0.15) is 367 Å². The minimum atomic E-state index is -0.840. The summed E-state index contributed by atoms with van der Waals surface area (Å²) in [6.07, 6.45) is 74.2. The predicted octanol–water partition coefficient (Wildman–Crippen LogP) is 20.4. The molecule has 0 aliphatic heterocycles. The zero-order valence-electron chi connectivity index (χ0n) is 48.2. The number of carbonyl (C=O) groups is 2. The summed E-state index contributed by atoms with van der Waals surface area (Å²) in [5, 5.41) is 23.0. The van der Waals surface area contributed by atoms with Crippen molar-refractivity contribution in [2.45, 2.75) is 379 Å². The van der Waals surface area contributed by atoms with E-state index in [9.17, 15) is 19.8 Å². The second kappa shape index (κ2) is 61.1. The summed E-state index contributed by atoms with van der Waals surface area (Å²) in [6.45, 7) is 4.92. The molecule has 6 heteroatoms. The van der Waals surface area contributed by atoms with Crippen LogP contribution in [0.5, 0.6) is 0 Å². The summed E-state index contributed by atoms with van der Waals surface area (Å²) in [4.78, 5) is 24.5. The van der Waals surface area contributed by atoms with E-state index in [0.717, 1.165) is 38.5 Å². The lowest BCUT2D eigenvalue weighted by atomic mass is 10.0. The fourth-order valence-corrected chi connectivity index (χ4v) is 10.3. The molecule has 0 saturated carbocycles. The summed E-state index contributed by atoms with van der Waals surface area (Å²) in [7, 11) is 0. The van der Waals surface area contributed by atoms with E-state index in [1.807, 2.05) is 6.08 Å². The van der Waals surface area contributed by atoms with Crippen molar-refractivity contribution >= 4 is 11.9 Å². The highest BCUT2D eigenvalue weighted by Gasteiger charge is 2.18. The minimum Gasteiger partial charge on any atom is -0.466 e. The molecule has 0 radical (unpaired) electrons. The second-order valence-electron chi connectivity index (χ2n) is 22.5. The molecule has 71 heavy (non-hydrogen) atoms. The lowest BCUT2D eigenvalue weighted by molar-refractivity contribution is -0.143. The number of carbonyl (C=O) groups excluding carboxylic acids is 2. The van der Waals surface area contributed by atoms with Gasteiger partial charge in [0.25, 0.3) is 0 Å². The summed E-state index contributed by atoms with van der Waals surface area (Å²) < 4.78 is 5.51. The zero-order valence-corrected chi connectivity index (χ0v) is 48.2. The van der Waals surface area contributed by atoms with Gasteiger partial charge in [-0.05, 0) is 32.1 Å². The summed E-state index contributed by atoms with van der Waals surface area (Å²) in [5.41, 5.74) is 0. The molecular formula is C65H127NO5. The van der Waals surface area contributed by atoms with Gasteiger partial charge in [-0.25, -0.2) is 0 Å². The normalized spacial score (nSPS) is 12.6. The standard InChI is InChI=1S/C65H127NO5/c1-3-5-7-9-11-13-15-16-17-18-30-33-36-39-43-47-51-55-59-65(70)71-60-56-52-48-44-40-37-34-31-28-26-24-22-20-19-21-23-25-27-29-32-35-38-42-46-50-54-58-64(69)66-62(61-67)63(68)57-53-49-45-41-14-12-10-8-6-4-2/h53,57,62-63,67-68H,3-52,54-56,58-61H2,1-2H3,(H,66,69)/b57-53+. The molecule has 0 aromatic carbocycles. The Bertz CT molecular complexity index is 1060. The number of amides is 1. The molecule has 422 valence electrons. The third-order valence-electron chi connectivity index (χ3n) is 15.3. The van der Waals surface area contributed by atoms with Gasteiger partial charge in [0.15, 0.2) is 0 Å². The zero-order chi connectivity index (χ0) is 51.4. The van der Waals surface area contributed by atoms with Crippen LogP contribution in [0.4, 0.5) is 0 Å². The molecule has 0 aliphatic carbocycles. The van der Waals surface area contributed by atoms with Crippen LogP contribution in [-0.4, -0.2) is 47.4 Å². The Morgan fingerprint density at radius 2 is 0.648 bits per heavy atom. The minimum absolute atomic E-state index is 0.0218. The molecule has 2 atom stereocenters. The van der Waals surface area contributed by atoms with Gasteiger partial charge in [0, 0.05) is 12.8 Å². The van der Waals surface area contributed by atoms with Gasteiger partial charge in [-0.2, -0.15) is 0 Å². The van der Waals surface area contributed by atoms with Crippen molar-refractivity contribution in [1.82, 2.24) is 5.32 Å². The van der Waals surface area contributed by atoms with Crippen molar-refractivity contribution in [2.24, 2.45) is 0 Å². The van der Waals surface area contributed by atoms with Gasteiger partial charge < -0.3 is 20.3 Å². The van der Waals surface area contributed by atoms with Crippen LogP contribution in [0.2, 0.25) is 0 Å². The van der Waals surface area contributed by atoms with Crippen LogP contribution in [0.3, 0.4) is 0 Å². The first-order chi connectivity index (χ1) is 35.0. The number of hydrogen-bond donors (Lipinski definition) is 3. The third-order valence-corrected chi connectivity index (χ3v) is 15.3. The number of hydrogen-bond acceptors (Lipinski definition) is 5. The van der Waals surface area contributed by atoms with E-state index in [0.29, 0.717) is 19.4 Å². The number of unbranched alkanes of at least 4 members (excludes halogenated alkanes) is 50. The second-order valence-corrected chi connectivity index (χ2v) is 22.5. The van der Waals surface area contributed by atoms with Gasteiger partial charge in [0.2, 0.25) is 5.91 Å². The fourth-order valence-electron chi connectivity index (χ4n) is 10.3. The largest absolute Gasteiger partial charge is 0.466 e. The van der Waals surface area contributed by atoms with Gasteiger partial charge in [-0.3, -0.25) is 9.59 Å². The number of aliphatic hydroxyl groups is 2. The summed E-state index contributed by atoms with van der Waals surface area (Å²) in [6, 6.07) is -0.623. The Balaban J connectivity index is 3.31. The van der Waals surface area contributed by atoms with E-state index in [-0.39, 0.29) is 18.5 Å². The molecule has 0 rings (SSSR count). The average molecular weight is 1000 g/mol. The quantitative estimate of drug-likeness (QED) is 0.0320. The molecule has 0 saturated heterocycles. The van der Waals surface area contributed by atoms with Crippen molar-refractivity contribution in [3.8, 4) is 0 Å². The topological polar surface area (TPSA) is 95.9 Å². The number of esters is 1. The van der Waals surface area contributed by atoms with E-state index in [1.165, 1.54) is 302 Å². The Morgan fingerprint density at radius 1 is 0.380 bits per heavy atom. The maximum absolute atomic E-state index is 12.4. The molecule has 0 bridgehead atoms. The van der Waals surface area contributed by atoms with Crippen LogP contribution < -0.4 is 5.32 Å². The van der Waals surface area contributed by atoms with Crippen molar-refractivity contribution in [3.05, 3.63) is 12.2 Å². The van der Waals surface area contributed by atoms with Crippen molar-refractivity contribution < 1.29 is 24.5 Å². The highest BCUT2D eigenvalue weighted by molar-refractivity contribution is 5.76. The van der Waals surface area contributed by atoms with E-state index in [4.69, 9.17) is 4.74 Å². The van der Waals surface area contributed by atoms with E-state index in [2.05, 4.69) is 19.2 Å². The molecular weight excluding hydrogens is 875 g/mol. The molecule has 2 unspecified atom stereocenters. The first-order valence-electron chi connectivity index (χ1n) is 32.5. The molecule has 0 fully saturated rings. The van der Waals surface area contributed by atoms with Gasteiger partial charge in [0.1, 0.15) is 0 Å². The highest BCUT2D eigenvalue weighted by atomic mass is 16.5. The van der Waals surface area contributed by atoms with E-state index < -0.39 is 12.1 Å². The Kier molecular flexibility index (Phi) is 59.9. The maximum atomic E-state index is 12.4. The SMILES string of the molecule is CCCCCCCCCC/C=C/C(O)C(CO)NC(=O)CCCCCCCCCCCCCCCCCCCCCCCCCCCCOC(=O)CCCCCCCCCCCCCCCCCCCC. The molecule has 6 nitrogen and oxygen atoms in total. The number of allylic oxidation sites excluding steroid dienone is 1. The van der Waals surface area contributed by atoms with Crippen LogP contribution in [0, 0.1) is 0 Å². The summed E-state index contributed by atoms with van der Waals surface area (Å²) >= 11 is 0. The van der Waals surface area contributed by atoms with Gasteiger partial charge in [0.05, 0.1) is 25.4 Å². The van der Waals surface area contributed by atoms with Crippen molar-refractivity contribution in [2.75, 3.05) is 13.2 Å². The maximum Gasteiger partial charge on any atom is 0.305 e. The lowest BCUT2D eigenvalue weighted by Crippen LogP contribution is -2.45. The van der Waals surface area contributed by atoms with Crippen LogP contribution >= 0.6 is 0 Å². The number of rotatable bonds is 61. The Hall–Kier alpha value is -1.40. The fraction of sp³-hybridized carbons (Fsp3) is 0.938. The average Bonchev–Trinajstić information content (AvgIpc) is 3.37. The van der Waals surface area contributed by atoms with Crippen molar-refractivity contribution in [1.29, 1.82) is 0 Å². The Morgan fingerprint density at radius 3 is 0.958 bits per heavy atom. The van der Waals surface area contributed by atoms with Gasteiger partial charge in [-0.1, -0.05) is 334 Å². The Labute approximate surface area is 444 Å². The molecule has 1 amide bonds. The molecule has 0 aliphatic rings. The monoisotopic (exact) mass is 1000 g/mol. The first kappa shape index (κ1) is 69.6. The first-order valence-corrected chi connectivity index (χ1v) is 32.5. The predicted molar refractivity (Wildman–Crippen MR) is 310 cm³/mol. The van der Waals surface area contributed by atoms with Crippen LogP contribution in [0.25, 0.3) is 0 Å². The molecule has 0 aromatic heterocycles. The molecule has 3 N–H and O–H groups in total. The van der Waals surface area contributed by atoms with Crippen molar-refractivity contribution in [3.63, 3.8) is 0 Å². The van der Waals surface area contributed by atoms with E-state index in [1.54, 1.807) is 6.08 Å². The number of nitrogens with one attached hydrogen (secondary N) is 1.